The van der Waals surface area contributed by atoms with Gasteiger partial charge in [-0.3, -0.25) is 0 Å². The van der Waals surface area contributed by atoms with Gasteiger partial charge in [0.2, 0.25) is 0 Å². The van der Waals surface area contributed by atoms with Gasteiger partial charge in [0.15, 0.2) is 0 Å². The summed E-state index contributed by atoms with van der Waals surface area (Å²) in [5.74, 6) is 5.39. The van der Waals surface area contributed by atoms with E-state index in [1.54, 1.807) is 0 Å². The molecule has 82 valence electrons. The molecule has 0 amide bonds. The van der Waals surface area contributed by atoms with Crippen molar-refractivity contribution in [2.75, 3.05) is 13.3 Å². The van der Waals surface area contributed by atoms with Crippen LogP contribution in [0.25, 0.3) is 0 Å². The zero-order valence-electron chi connectivity index (χ0n) is 10.7. The van der Waals surface area contributed by atoms with Crippen molar-refractivity contribution in [2.24, 2.45) is 23.2 Å². The molecule has 1 heteroatoms. The van der Waals surface area contributed by atoms with Crippen molar-refractivity contribution in [3.05, 3.63) is 0 Å². The van der Waals surface area contributed by atoms with Gasteiger partial charge in [0.05, 0.1) is 26.7 Å². The summed E-state index contributed by atoms with van der Waals surface area (Å²) in [6.45, 7) is 14.4. The van der Waals surface area contributed by atoms with Gasteiger partial charge in [-0.2, -0.15) is 0 Å². The van der Waals surface area contributed by atoms with Gasteiger partial charge in [-0.25, -0.2) is 0 Å². The molecule has 0 aromatic rings. The van der Waals surface area contributed by atoms with E-state index in [1.165, 1.54) is 12.8 Å². The normalized spacial score (nSPS) is 33.1. The first-order valence-electron chi connectivity index (χ1n) is 5.82. The molecule has 1 aliphatic rings. The second kappa shape index (κ2) is 4.35. The van der Waals surface area contributed by atoms with Gasteiger partial charge in [-0.1, -0.05) is 27.7 Å². The summed E-state index contributed by atoms with van der Waals surface area (Å²) < 4.78 is 0. The molecule has 1 aliphatic carbocycles. The minimum atomic E-state index is 0.182. The minimum absolute atomic E-state index is 0.182. The molecule has 0 spiro atoms. The topological polar surface area (TPSA) is 0 Å². The van der Waals surface area contributed by atoms with Gasteiger partial charge in [0.25, 0.3) is 0 Å². The van der Waals surface area contributed by atoms with Crippen LogP contribution in [0.1, 0.15) is 40.5 Å². The first-order chi connectivity index (χ1) is 6.30. The predicted octanol–water partition coefficient (Wildman–Crippen LogP) is 4.24. The highest BCUT2D eigenvalue weighted by Crippen LogP contribution is 2.45. The number of hydrogen-bond donors (Lipinski definition) is 0. The van der Waals surface area contributed by atoms with E-state index in [0.29, 0.717) is 5.41 Å². The molecule has 0 aromatic heterocycles. The lowest BCUT2D eigenvalue weighted by Gasteiger charge is -2.26. The van der Waals surface area contributed by atoms with Crippen LogP contribution in [0, 0.1) is 23.2 Å². The summed E-state index contributed by atoms with van der Waals surface area (Å²) in [6.07, 6.45) is 2.87. The van der Waals surface area contributed by atoms with Crippen molar-refractivity contribution in [2.45, 2.75) is 40.5 Å². The molecule has 0 heterocycles. The highest BCUT2D eigenvalue weighted by Gasteiger charge is 2.37. The maximum Gasteiger partial charge on any atom is 0.0954 e. The fourth-order valence-corrected chi connectivity index (χ4v) is 3.76. The van der Waals surface area contributed by atoms with Crippen LogP contribution in [0.5, 0.6) is 0 Å². The van der Waals surface area contributed by atoms with Crippen molar-refractivity contribution in [3.8, 4) is 0 Å². The SMILES string of the molecule is CC1CC(C(C)(C)C)CC1C=[P+](C)C. The fourth-order valence-electron chi connectivity index (χ4n) is 2.58. The minimum Gasteiger partial charge on any atom is -0.0618 e. The summed E-state index contributed by atoms with van der Waals surface area (Å²) in [4.78, 5) is 0. The number of rotatable bonds is 1. The molecule has 0 N–H and O–H groups in total. The average Bonchev–Trinajstić information content (AvgIpc) is 2.30. The van der Waals surface area contributed by atoms with E-state index in [0.717, 1.165) is 17.8 Å². The zero-order chi connectivity index (χ0) is 10.9. The Kier molecular flexibility index (Phi) is 3.81. The van der Waals surface area contributed by atoms with Gasteiger partial charge in [0.1, 0.15) is 0 Å². The van der Waals surface area contributed by atoms with Crippen LogP contribution in [-0.2, 0) is 0 Å². The van der Waals surface area contributed by atoms with Crippen molar-refractivity contribution in [1.29, 1.82) is 0 Å². The molecule has 14 heavy (non-hydrogen) atoms. The van der Waals surface area contributed by atoms with E-state index in [9.17, 15) is 0 Å². The Morgan fingerprint density at radius 1 is 1.14 bits per heavy atom. The van der Waals surface area contributed by atoms with Crippen molar-refractivity contribution in [1.82, 2.24) is 0 Å². The fraction of sp³-hybridized carbons (Fsp3) is 0.923. The van der Waals surface area contributed by atoms with Crippen LogP contribution in [0.3, 0.4) is 0 Å². The Hall–Kier alpha value is 0.170. The molecular weight excluding hydrogens is 187 g/mol. The Morgan fingerprint density at radius 3 is 2.07 bits per heavy atom. The third kappa shape index (κ3) is 3.09. The van der Waals surface area contributed by atoms with Gasteiger partial charge >= 0.3 is 0 Å². The lowest BCUT2D eigenvalue weighted by Crippen LogP contribution is -2.17. The predicted molar refractivity (Wildman–Crippen MR) is 69.7 cm³/mol. The summed E-state index contributed by atoms with van der Waals surface area (Å²) >= 11 is 0. The summed E-state index contributed by atoms with van der Waals surface area (Å²) in [5, 5.41) is 0. The molecule has 0 radical (unpaired) electrons. The van der Waals surface area contributed by atoms with E-state index >= 15 is 0 Å². The van der Waals surface area contributed by atoms with Gasteiger partial charge in [0, 0.05) is 5.92 Å². The first-order valence-corrected chi connectivity index (χ1v) is 8.12. The van der Waals surface area contributed by atoms with E-state index in [1.807, 2.05) is 0 Å². The quantitative estimate of drug-likeness (QED) is 0.571. The molecule has 3 atom stereocenters. The molecule has 1 fully saturated rings. The van der Waals surface area contributed by atoms with Crippen molar-refractivity contribution in [3.63, 3.8) is 0 Å². The molecule has 0 saturated heterocycles. The second-order valence-electron chi connectivity index (χ2n) is 6.29. The van der Waals surface area contributed by atoms with E-state index < -0.39 is 0 Å². The third-order valence-corrected chi connectivity index (χ3v) is 4.64. The first kappa shape index (κ1) is 12.2. The van der Waals surface area contributed by atoms with Gasteiger partial charge < -0.3 is 0 Å². The average molecular weight is 213 g/mol. The Balaban J connectivity index is 2.65. The van der Waals surface area contributed by atoms with Crippen LogP contribution in [0.2, 0.25) is 0 Å². The maximum absolute atomic E-state index is 2.63. The van der Waals surface area contributed by atoms with Crippen molar-refractivity contribution >= 4 is 13.3 Å². The van der Waals surface area contributed by atoms with Gasteiger partial charge in [-0.15, -0.1) is 0 Å². The van der Waals surface area contributed by atoms with Crippen LogP contribution in [0.15, 0.2) is 0 Å². The lowest BCUT2D eigenvalue weighted by atomic mass is 9.79. The zero-order valence-corrected chi connectivity index (χ0v) is 11.6. The lowest BCUT2D eigenvalue weighted by molar-refractivity contribution is 0.239. The molecule has 0 bridgehead atoms. The third-order valence-electron chi connectivity index (χ3n) is 3.66. The highest BCUT2D eigenvalue weighted by atomic mass is 31.1. The molecule has 1 saturated carbocycles. The second-order valence-corrected chi connectivity index (χ2v) is 8.51. The molecule has 0 aliphatic heterocycles. The van der Waals surface area contributed by atoms with E-state index in [-0.39, 0.29) is 7.55 Å². The smallest absolute Gasteiger partial charge is 0.0618 e. The van der Waals surface area contributed by atoms with E-state index in [2.05, 4.69) is 46.8 Å². The van der Waals surface area contributed by atoms with E-state index in [4.69, 9.17) is 0 Å². The van der Waals surface area contributed by atoms with Gasteiger partial charge in [-0.05, 0) is 30.1 Å². The molecule has 0 nitrogen and oxygen atoms in total. The molecule has 3 unspecified atom stereocenters. The monoisotopic (exact) mass is 213 g/mol. The summed E-state index contributed by atoms with van der Waals surface area (Å²) in [5.41, 5.74) is 0.515. The van der Waals surface area contributed by atoms with Crippen LogP contribution >= 0.6 is 7.55 Å². The number of hydrogen-bond acceptors (Lipinski definition) is 0. The molecule has 1 rings (SSSR count). The van der Waals surface area contributed by atoms with Crippen LogP contribution in [0.4, 0.5) is 0 Å². The van der Waals surface area contributed by atoms with Crippen LogP contribution in [-0.4, -0.2) is 19.1 Å². The Morgan fingerprint density at radius 2 is 1.71 bits per heavy atom. The molecular formula is C13H26P+. The maximum atomic E-state index is 2.63. The molecule has 0 aromatic carbocycles. The van der Waals surface area contributed by atoms with Crippen LogP contribution < -0.4 is 0 Å². The standard InChI is InChI=1S/C13H26P/c1-10-7-12(13(2,3)4)8-11(10)9-14(5)6/h9-12H,7-8H2,1-6H3/q+1. The Labute approximate surface area is 90.9 Å². The largest absolute Gasteiger partial charge is 0.0954 e. The summed E-state index contributed by atoms with van der Waals surface area (Å²) in [7, 11) is 0.182. The Bertz CT molecular complexity index is 218. The summed E-state index contributed by atoms with van der Waals surface area (Å²) in [6, 6.07) is 0. The highest BCUT2D eigenvalue weighted by molar-refractivity contribution is 7.55. The van der Waals surface area contributed by atoms with Crippen molar-refractivity contribution < 1.29 is 0 Å².